The molecule has 0 saturated carbocycles. The van der Waals surface area contributed by atoms with Gasteiger partial charge in [-0.15, -0.1) is 22.0 Å². The number of carbonyl (C=O) groups excluding carboxylic acids is 2. The van der Waals surface area contributed by atoms with Gasteiger partial charge < -0.3 is 4.74 Å². The van der Waals surface area contributed by atoms with E-state index >= 15 is 0 Å². The molecule has 134 valence electrons. The Bertz CT molecular complexity index is 760. The summed E-state index contributed by atoms with van der Waals surface area (Å²) in [7, 11) is 1.31. The first kappa shape index (κ1) is 20.0. The minimum atomic E-state index is -0.392. The molecular formula is C14H13ClFN3O3S3. The van der Waals surface area contributed by atoms with E-state index in [-0.39, 0.29) is 23.4 Å². The van der Waals surface area contributed by atoms with Crippen molar-refractivity contribution in [3.8, 4) is 0 Å². The number of thioether (sulfide) groups is 2. The van der Waals surface area contributed by atoms with Crippen LogP contribution in [0, 0.1) is 5.82 Å². The van der Waals surface area contributed by atoms with E-state index in [9.17, 15) is 14.0 Å². The molecule has 25 heavy (non-hydrogen) atoms. The van der Waals surface area contributed by atoms with Gasteiger partial charge in [0.2, 0.25) is 11.0 Å². The van der Waals surface area contributed by atoms with Gasteiger partial charge in [-0.25, -0.2) is 4.39 Å². The fourth-order valence-electron chi connectivity index (χ4n) is 1.55. The lowest BCUT2D eigenvalue weighted by atomic mass is 10.2. The minimum Gasteiger partial charge on any atom is -0.468 e. The van der Waals surface area contributed by atoms with Gasteiger partial charge in [-0.05, 0) is 17.7 Å². The molecule has 1 N–H and O–H groups in total. The molecule has 1 aromatic carbocycles. The average Bonchev–Trinajstić information content (AvgIpc) is 3.02. The molecule has 1 aromatic heterocycles. The number of ether oxygens (including phenoxy) is 1. The SMILES string of the molecule is COC(=O)CSc1nnc(NC(=O)CSCc2ccc(Cl)cc2F)s1. The number of aromatic nitrogens is 2. The van der Waals surface area contributed by atoms with Gasteiger partial charge in [0.1, 0.15) is 5.82 Å². The molecule has 0 atom stereocenters. The molecule has 11 heteroatoms. The first-order valence-electron chi connectivity index (χ1n) is 6.82. The number of rotatable bonds is 8. The van der Waals surface area contributed by atoms with Gasteiger partial charge in [0.15, 0.2) is 4.34 Å². The maximum atomic E-state index is 13.6. The van der Waals surface area contributed by atoms with Crippen LogP contribution >= 0.6 is 46.5 Å². The Morgan fingerprint density at radius 1 is 1.36 bits per heavy atom. The molecule has 1 amide bonds. The highest BCUT2D eigenvalue weighted by molar-refractivity contribution is 8.01. The van der Waals surface area contributed by atoms with Crippen LogP contribution < -0.4 is 5.32 Å². The Labute approximate surface area is 160 Å². The number of amides is 1. The highest BCUT2D eigenvalue weighted by Gasteiger charge is 2.11. The quantitative estimate of drug-likeness (QED) is 0.397. The molecule has 0 unspecified atom stereocenters. The van der Waals surface area contributed by atoms with Crippen LogP contribution in [0.4, 0.5) is 9.52 Å². The molecule has 0 radical (unpaired) electrons. The Balaban J connectivity index is 1.75. The predicted molar refractivity (Wildman–Crippen MR) is 98.9 cm³/mol. The van der Waals surface area contributed by atoms with Crippen molar-refractivity contribution in [2.45, 2.75) is 10.1 Å². The van der Waals surface area contributed by atoms with Crippen molar-refractivity contribution in [3.63, 3.8) is 0 Å². The topological polar surface area (TPSA) is 81.2 Å². The summed E-state index contributed by atoms with van der Waals surface area (Å²) in [6.45, 7) is 0. The Morgan fingerprint density at radius 3 is 2.88 bits per heavy atom. The molecule has 0 aliphatic heterocycles. The predicted octanol–water partition coefficient (Wildman–Crippen LogP) is 3.47. The van der Waals surface area contributed by atoms with Crippen molar-refractivity contribution in [2.24, 2.45) is 0 Å². The molecule has 0 bridgehead atoms. The summed E-state index contributed by atoms with van der Waals surface area (Å²) in [5, 5.41) is 11.0. The molecule has 0 aliphatic carbocycles. The van der Waals surface area contributed by atoms with Gasteiger partial charge in [0, 0.05) is 10.8 Å². The van der Waals surface area contributed by atoms with Gasteiger partial charge in [0.25, 0.3) is 0 Å². The van der Waals surface area contributed by atoms with Gasteiger partial charge in [0.05, 0.1) is 18.6 Å². The maximum Gasteiger partial charge on any atom is 0.316 e. The van der Waals surface area contributed by atoms with Crippen LogP contribution in [-0.4, -0.2) is 40.7 Å². The van der Waals surface area contributed by atoms with E-state index in [0.717, 1.165) is 11.3 Å². The second kappa shape index (κ2) is 9.95. The Hall–Kier alpha value is -1.36. The molecule has 0 spiro atoms. The smallest absolute Gasteiger partial charge is 0.316 e. The number of hydrogen-bond acceptors (Lipinski definition) is 8. The zero-order valence-corrected chi connectivity index (χ0v) is 16.2. The molecule has 2 aromatic rings. The second-order valence-corrected chi connectivity index (χ2v) is 8.14. The van der Waals surface area contributed by atoms with Crippen LogP contribution in [0.15, 0.2) is 22.5 Å². The summed E-state index contributed by atoms with van der Waals surface area (Å²) in [4.78, 5) is 22.9. The van der Waals surface area contributed by atoms with Crippen LogP contribution in [0.2, 0.25) is 5.02 Å². The van der Waals surface area contributed by atoms with Crippen molar-refractivity contribution in [1.82, 2.24) is 10.2 Å². The van der Waals surface area contributed by atoms with Crippen molar-refractivity contribution < 1.29 is 18.7 Å². The van der Waals surface area contributed by atoms with Crippen LogP contribution in [0.3, 0.4) is 0 Å². The third-order valence-corrected chi connectivity index (χ3v) is 5.86. The standard InChI is InChI=1S/C14H13ClFN3O3S3/c1-22-12(21)7-24-14-19-18-13(25-14)17-11(20)6-23-5-8-2-3-9(15)4-10(8)16/h2-4H,5-7H2,1H3,(H,17,18,20). The van der Waals surface area contributed by atoms with E-state index in [1.54, 1.807) is 12.1 Å². The zero-order chi connectivity index (χ0) is 18.2. The van der Waals surface area contributed by atoms with Crippen molar-refractivity contribution in [1.29, 1.82) is 0 Å². The van der Waals surface area contributed by atoms with Crippen LogP contribution in [0.1, 0.15) is 5.56 Å². The lowest BCUT2D eigenvalue weighted by Crippen LogP contribution is -2.14. The normalized spacial score (nSPS) is 10.5. The molecular weight excluding hydrogens is 409 g/mol. The number of esters is 1. The first-order chi connectivity index (χ1) is 12.0. The van der Waals surface area contributed by atoms with E-state index < -0.39 is 5.82 Å². The summed E-state index contributed by atoms with van der Waals surface area (Å²) in [5.41, 5.74) is 0.486. The lowest BCUT2D eigenvalue weighted by molar-refractivity contribution is -0.137. The number of nitrogens with zero attached hydrogens (tertiary/aromatic N) is 2. The Morgan fingerprint density at radius 2 is 2.16 bits per heavy atom. The lowest BCUT2D eigenvalue weighted by Gasteiger charge is -2.04. The van der Waals surface area contributed by atoms with Crippen LogP contribution in [0.5, 0.6) is 0 Å². The number of halogens is 2. The second-order valence-electron chi connectivity index (χ2n) is 4.51. The van der Waals surface area contributed by atoms with Gasteiger partial charge in [-0.1, -0.05) is 40.8 Å². The largest absolute Gasteiger partial charge is 0.468 e. The first-order valence-corrected chi connectivity index (χ1v) is 10.2. The molecule has 0 aliphatic rings. The third kappa shape index (κ3) is 6.81. The average molecular weight is 422 g/mol. The molecule has 0 saturated heterocycles. The molecule has 1 heterocycles. The molecule has 2 rings (SSSR count). The molecule has 6 nitrogen and oxygen atoms in total. The third-order valence-electron chi connectivity index (χ3n) is 2.70. The summed E-state index contributed by atoms with van der Waals surface area (Å²) in [6.07, 6.45) is 0. The van der Waals surface area contributed by atoms with Gasteiger partial charge in [-0.3, -0.25) is 14.9 Å². The summed E-state index contributed by atoms with van der Waals surface area (Å²) in [6, 6.07) is 4.44. The van der Waals surface area contributed by atoms with E-state index in [2.05, 4.69) is 20.3 Å². The van der Waals surface area contributed by atoms with Crippen LogP contribution in [0.25, 0.3) is 0 Å². The van der Waals surface area contributed by atoms with Gasteiger partial charge >= 0.3 is 5.97 Å². The number of carbonyl (C=O) groups is 2. The van der Waals surface area contributed by atoms with E-state index in [4.69, 9.17) is 11.6 Å². The molecule has 0 fully saturated rings. The fourth-order valence-corrected chi connectivity index (χ4v) is 4.12. The van der Waals surface area contributed by atoms with E-state index in [1.165, 1.54) is 36.7 Å². The number of methoxy groups -OCH3 is 1. The van der Waals surface area contributed by atoms with E-state index in [0.29, 0.717) is 25.8 Å². The maximum absolute atomic E-state index is 13.6. The highest BCUT2D eigenvalue weighted by atomic mass is 35.5. The fraction of sp³-hybridized carbons (Fsp3) is 0.286. The number of anilines is 1. The van der Waals surface area contributed by atoms with Crippen LogP contribution in [-0.2, 0) is 20.1 Å². The Kier molecular flexibility index (Phi) is 7.94. The minimum absolute atomic E-state index is 0.127. The number of hydrogen-bond donors (Lipinski definition) is 1. The van der Waals surface area contributed by atoms with Crippen molar-refractivity contribution in [3.05, 3.63) is 34.6 Å². The van der Waals surface area contributed by atoms with E-state index in [1.807, 2.05) is 0 Å². The summed E-state index contributed by atoms with van der Waals surface area (Å²) >= 11 is 9.31. The number of benzene rings is 1. The monoisotopic (exact) mass is 421 g/mol. The summed E-state index contributed by atoms with van der Waals surface area (Å²) in [5.74, 6) is -0.394. The number of nitrogens with one attached hydrogen (secondary N) is 1. The van der Waals surface area contributed by atoms with Crippen molar-refractivity contribution in [2.75, 3.05) is 23.9 Å². The highest BCUT2D eigenvalue weighted by Crippen LogP contribution is 2.26. The zero-order valence-electron chi connectivity index (χ0n) is 13.0. The summed E-state index contributed by atoms with van der Waals surface area (Å²) < 4.78 is 18.7. The van der Waals surface area contributed by atoms with Gasteiger partial charge in [-0.2, -0.15) is 0 Å². The van der Waals surface area contributed by atoms with Crippen molar-refractivity contribution >= 4 is 63.5 Å².